The number of hydrogen-bond acceptors (Lipinski definition) is 2. The van der Waals surface area contributed by atoms with Crippen molar-refractivity contribution in [2.45, 2.75) is 5.38 Å². The minimum absolute atomic E-state index is 0.204. The number of ether oxygens (including phenoxy) is 1. The van der Waals surface area contributed by atoms with Crippen molar-refractivity contribution in [2.75, 3.05) is 6.61 Å². The maximum Gasteiger partial charge on any atom is 0.200 e. The molecular weight excluding hydrogens is 291 g/mol. The Morgan fingerprint density at radius 2 is 2.20 bits per heavy atom. The average Bonchev–Trinajstić information content (AvgIpc) is 2.20. The first-order valence-corrected chi connectivity index (χ1v) is 5.08. The molecule has 0 amide bonds. The van der Waals surface area contributed by atoms with Gasteiger partial charge in [-0.25, -0.2) is 4.39 Å². The second-order valence-corrected chi connectivity index (χ2v) is 4.05. The molecule has 0 radical (unpaired) electrons. The summed E-state index contributed by atoms with van der Waals surface area (Å²) in [5.74, 6) is -2.40. The van der Waals surface area contributed by atoms with Crippen molar-refractivity contribution in [1.82, 2.24) is 0 Å². The van der Waals surface area contributed by atoms with E-state index in [-0.39, 0.29) is 12.4 Å². The SMILES string of the molecule is N#CC(Cl)COc1cc(Br)cc(F)c1F. The summed E-state index contributed by atoms with van der Waals surface area (Å²) in [6, 6.07) is 3.94. The summed E-state index contributed by atoms with van der Waals surface area (Å²) in [4.78, 5) is 0. The van der Waals surface area contributed by atoms with Crippen LogP contribution in [0.4, 0.5) is 8.78 Å². The summed E-state index contributed by atoms with van der Waals surface area (Å²) in [6.07, 6.45) is 0. The van der Waals surface area contributed by atoms with E-state index in [1.54, 1.807) is 6.07 Å². The highest BCUT2D eigenvalue weighted by Crippen LogP contribution is 2.25. The van der Waals surface area contributed by atoms with E-state index in [2.05, 4.69) is 15.9 Å². The van der Waals surface area contributed by atoms with E-state index < -0.39 is 17.0 Å². The summed E-state index contributed by atoms with van der Waals surface area (Å²) in [7, 11) is 0. The number of nitriles is 1. The molecule has 1 rings (SSSR count). The molecule has 0 aliphatic carbocycles. The normalized spacial score (nSPS) is 11.9. The Balaban J connectivity index is 2.82. The molecule has 0 saturated carbocycles. The summed E-state index contributed by atoms with van der Waals surface area (Å²) in [5, 5.41) is 7.46. The fraction of sp³-hybridized carbons (Fsp3) is 0.222. The van der Waals surface area contributed by atoms with Crippen LogP contribution in [0.2, 0.25) is 0 Å². The van der Waals surface area contributed by atoms with E-state index in [4.69, 9.17) is 21.6 Å². The molecule has 6 heteroatoms. The highest BCUT2D eigenvalue weighted by Gasteiger charge is 2.12. The lowest BCUT2D eigenvalue weighted by Gasteiger charge is -2.08. The zero-order valence-electron chi connectivity index (χ0n) is 7.31. The lowest BCUT2D eigenvalue weighted by Crippen LogP contribution is -2.10. The van der Waals surface area contributed by atoms with Gasteiger partial charge in [0.05, 0.1) is 6.07 Å². The maximum atomic E-state index is 13.1. The molecule has 0 saturated heterocycles. The molecule has 0 aromatic heterocycles. The van der Waals surface area contributed by atoms with Crippen molar-refractivity contribution in [1.29, 1.82) is 5.26 Å². The van der Waals surface area contributed by atoms with Crippen LogP contribution in [-0.4, -0.2) is 12.0 Å². The van der Waals surface area contributed by atoms with Crippen LogP contribution in [0.3, 0.4) is 0 Å². The number of hydrogen-bond donors (Lipinski definition) is 0. The molecule has 1 aromatic rings. The quantitative estimate of drug-likeness (QED) is 0.634. The van der Waals surface area contributed by atoms with Crippen molar-refractivity contribution < 1.29 is 13.5 Å². The number of halogens is 4. The van der Waals surface area contributed by atoms with E-state index >= 15 is 0 Å². The maximum absolute atomic E-state index is 13.1. The Morgan fingerprint density at radius 1 is 1.53 bits per heavy atom. The molecule has 0 aliphatic rings. The molecule has 0 N–H and O–H groups in total. The van der Waals surface area contributed by atoms with Gasteiger partial charge in [-0.2, -0.15) is 9.65 Å². The zero-order valence-corrected chi connectivity index (χ0v) is 9.65. The van der Waals surface area contributed by atoms with Crippen LogP contribution in [0.1, 0.15) is 0 Å². The van der Waals surface area contributed by atoms with Gasteiger partial charge in [0.25, 0.3) is 0 Å². The summed E-state index contributed by atoms with van der Waals surface area (Å²) in [5.41, 5.74) is 0. The molecule has 0 spiro atoms. The van der Waals surface area contributed by atoms with Gasteiger partial charge in [-0.3, -0.25) is 0 Å². The Morgan fingerprint density at radius 3 is 2.80 bits per heavy atom. The molecule has 1 aromatic carbocycles. The van der Waals surface area contributed by atoms with Crippen LogP contribution in [0.5, 0.6) is 5.75 Å². The van der Waals surface area contributed by atoms with Crippen LogP contribution >= 0.6 is 27.5 Å². The average molecular weight is 296 g/mol. The van der Waals surface area contributed by atoms with E-state index in [9.17, 15) is 8.78 Å². The molecule has 2 nitrogen and oxygen atoms in total. The number of nitrogens with zero attached hydrogens (tertiary/aromatic N) is 1. The summed E-state index contributed by atoms with van der Waals surface area (Å²) < 4.78 is 31.2. The highest BCUT2D eigenvalue weighted by atomic mass is 79.9. The predicted molar refractivity (Wildman–Crippen MR) is 54.8 cm³/mol. The minimum atomic E-state index is -1.10. The van der Waals surface area contributed by atoms with Crippen LogP contribution < -0.4 is 4.74 Å². The van der Waals surface area contributed by atoms with Crippen LogP contribution in [0.15, 0.2) is 16.6 Å². The smallest absolute Gasteiger partial charge is 0.200 e. The second kappa shape index (κ2) is 5.29. The van der Waals surface area contributed by atoms with Gasteiger partial charge in [-0.15, -0.1) is 11.6 Å². The standard InChI is InChI=1S/C9H5BrClF2NO/c10-5-1-7(12)9(13)8(2-5)15-4-6(11)3-14/h1-2,6H,4H2. The Labute approximate surface area is 98.5 Å². The molecule has 80 valence electrons. The first-order valence-electron chi connectivity index (χ1n) is 3.85. The van der Waals surface area contributed by atoms with E-state index in [0.717, 1.165) is 6.07 Å². The van der Waals surface area contributed by atoms with E-state index in [1.807, 2.05) is 0 Å². The molecular formula is C9H5BrClF2NO. The molecule has 1 atom stereocenters. The van der Waals surface area contributed by atoms with Gasteiger partial charge in [0, 0.05) is 4.47 Å². The third-order valence-electron chi connectivity index (χ3n) is 1.48. The first kappa shape index (κ1) is 12.2. The third-order valence-corrected chi connectivity index (χ3v) is 2.17. The molecule has 0 fully saturated rings. The summed E-state index contributed by atoms with van der Waals surface area (Å²) in [6.45, 7) is -0.204. The largest absolute Gasteiger partial charge is 0.488 e. The second-order valence-electron chi connectivity index (χ2n) is 2.61. The van der Waals surface area contributed by atoms with Gasteiger partial charge in [0.15, 0.2) is 16.9 Å². The van der Waals surface area contributed by atoms with Gasteiger partial charge in [-0.05, 0) is 12.1 Å². The molecule has 0 bridgehead atoms. The minimum Gasteiger partial charge on any atom is -0.488 e. The molecule has 0 aliphatic heterocycles. The number of rotatable bonds is 3. The van der Waals surface area contributed by atoms with Crippen molar-refractivity contribution in [3.8, 4) is 11.8 Å². The summed E-state index contributed by atoms with van der Waals surface area (Å²) >= 11 is 8.42. The van der Waals surface area contributed by atoms with Crippen LogP contribution in [-0.2, 0) is 0 Å². The lowest BCUT2D eigenvalue weighted by molar-refractivity contribution is 0.304. The molecule has 1 unspecified atom stereocenters. The highest BCUT2D eigenvalue weighted by molar-refractivity contribution is 9.10. The fourth-order valence-corrected chi connectivity index (χ4v) is 1.31. The Hall–Kier alpha value is -0.860. The third kappa shape index (κ3) is 3.33. The van der Waals surface area contributed by atoms with Gasteiger partial charge < -0.3 is 4.74 Å². The van der Waals surface area contributed by atoms with Gasteiger partial charge in [-0.1, -0.05) is 15.9 Å². The van der Waals surface area contributed by atoms with Crippen LogP contribution in [0, 0.1) is 23.0 Å². The van der Waals surface area contributed by atoms with E-state index in [1.165, 1.54) is 6.07 Å². The molecule has 0 heterocycles. The van der Waals surface area contributed by atoms with Crippen molar-refractivity contribution in [2.24, 2.45) is 0 Å². The van der Waals surface area contributed by atoms with E-state index in [0.29, 0.717) is 4.47 Å². The monoisotopic (exact) mass is 295 g/mol. The van der Waals surface area contributed by atoms with Crippen LogP contribution in [0.25, 0.3) is 0 Å². The number of alkyl halides is 1. The Kier molecular flexibility index (Phi) is 4.30. The predicted octanol–water partition coefficient (Wildman–Crippen LogP) is 3.24. The van der Waals surface area contributed by atoms with Crippen molar-refractivity contribution in [3.63, 3.8) is 0 Å². The first-order chi connectivity index (χ1) is 7.04. The van der Waals surface area contributed by atoms with Gasteiger partial charge in [0.2, 0.25) is 5.82 Å². The Bertz CT molecular complexity index is 408. The molecule has 15 heavy (non-hydrogen) atoms. The van der Waals surface area contributed by atoms with Crippen molar-refractivity contribution >= 4 is 27.5 Å². The van der Waals surface area contributed by atoms with Gasteiger partial charge in [0.1, 0.15) is 6.61 Å². The van der Waals surface area contributed by atoms with Gasteiger partial charge >= 0.3 is 0 Å². The fourth-order valence-electron chi connectivity index (χ4n) is 0.838. The topological polar surface area (TPSA) is 33.0 Å². The zero-order chi connectivity index (χ0) is 11.4. The number of benzene rings is 1. The lowest BCUT2D eigenvalue weighted by atomic mass is 10.3. The van der Waals surface area contributed by atoms with Crippen molar-refractivity contribution in [3.05, 3.63) is 28.2 Å².